The molecule has 0 saturated carbocycles. The van der Waals surface area contributed by atoms with Gasteiger partial charge in [0.05, 0.1) is 45.7 Å². The Hall–Kier alpha value is 0.930. The zero-order valence-electron chi connectivity index (χ0n) is 8.06. The third-order valence-electron chi connectivity index (χ3n) is 1.34. The van der Waals surface area contributed by atoms with Gasteiger partial charge >= 0.3 is 0 Å². The van der Waals surface area contributed by atoms with Crippen LogP contribution in [-0.2, 0) is 0 Å². The first-order chi connectivity index (χ1) is 5.40. The van der Waals surface area contributed by atoms with E-state index in [0.717, 1.165) is 13.0 Å². The molecule has 0 amide bonds. The third-order valence-corrected chi connectivity index (χ3v) is 3.14. The standard InChI is InChI=1S/C8H16I2N2/c1-5-12(10)7(11-9)6-8(2,3)4/h5-6H2,1-4H3. The molecule has 0 aromatic carbocycles. The van der Waals surface area contributed by atoms with Crippen molar-refractivity contribution in [3.05, 3.63) is 0 Å². The largest absolute Gasteiger partial charge is 0.303 e. The van der Waals surface area contributed by atoms with Gasteiger partial charge in [-0.15, -0.1) is 0 Å². The van der Waals surface area contributed by atoms with E-state index in [9.17, 15) is 0 Å². The summed E-state index contributed by atoms with van der Waals surface area (Å²) in [6, 6.07) is 0. The topological polar surface area (TPSA) is 15.6 Å². The molecule has 12 heavy (non-hydrogen) atoms. The Morgan fingerprint density at radius 1 is 1.42 bits per heavy atom. The first-order valence-corrected chi connectivity index (χ1v) is 5.95. The average molecular weight is 394 g/mol. The van der Waals surface area contributed by atoms with E-state index < -0.39 is 0 Å². The first-order valence-electron chi connectivity index (χ1n) is 4.02. The Labute approximate surface area is 103 Å². The number of hydrogen-bond acceptors (Lipinski definition) is 1. The van der Waals surface area contributed by atoms with Crippen LogP contribution in [0.15, 0.2) is 3.21 Å². The normalized spacial score (nSPS) is 13.3. The molecule has 0 unspecified atom stereocenters. The number of halogens is 2. The van der Waals surface area contributed by atoms with Crippen molar-refractivity contribution in [1.29, 1.82) is 0 Å². The SMILES string of the molecule is CCN(I)C(CC(C)(C)C)=NI. The molecular formula is C8H16I2N2. The fraction of sp³-hybridized carbons (Fsp3) is 0.875. The van der Waals surface area contributed by atoms with Crippen molar-refractivity contribution in [2.45, 2.75) is 34.1 Å². The number of amidine groups is 1. The summed E-state index contributed by atoms with van der Waals surface area (Å²) in [5.41, 5.74) is 0.322. The Kier molecular flexibility index (Phi) is 6.05. The van der Waals surface area contributed by atoms with Crippen molar-refractivity contribution in [2.24, 2.45) is 8.62 Å². The lowest BCUT2D eigenvalue weighted by Gasteiger charge is -2.23. The van der Waals surface area contributed by atoms with Gasteiger partial charge in [-0.25, -0.2) is 3.21 Å². The fourth-order valence-electron chi connectivity index (χ4n) is 0.814. The van der Waals surface area contributed by atoms with Crippen LogP contribution in [0, 0.1) is 5.41 Å². The van der Waals surface area contributed by atoms with Crippen molar-refractivity contribution >= 4 is 51.6 Å². The van der Waals surface area contributed by atoms with Crippen LogP contribution in [0.5, 0.6) is 0 Å². The van der Waals surface area contributed by atoms with Crippen molar-refractivity contribution in [1.82, 2.24) is 3.11 Å². The van der Waals surface area contributed by atoms with E-state index >= 15 is 0 Å². The molecule has 0 aliphatic carbocycles. The summed E-state index contributed by atoms with van der Waals surface area (Å²) < 4.78 is 6.41. The van der Waals surface area contributed by atoms with Gasteiger partial charge in [-0.1, -0.05) is 20.8 Å². The summed E-state index contributed by atoms with van der Waals surface area (Å²) >= 11 is 4.37. The summed E-state index contributed by atoms with van der Waals surface area (Å²) in [7, 11) is 0. The van der Waals surface area contributed by atoms with Gasteiger partial charge in [-0.3, -0.25) is 0 Å². The molecule has 0 fully saturated rings. The smallest absolute Gasteiger partial charge is 0.120 e. The van der Waals surface area contributed by atoms with Crippen LogP contribution >= 0.6 is 45.7 Å². The number of hydrogen-bond donors (Lipinski definition) is 0. The maximum absolute atomic E-state index is 4.25. The van der Waals surface area contributed by atoms with E-state index in [1.54, 1.807) is 0 Å². The summed E-state index contributed by atoms with van der Waals surface area (Å²) in [4.78, 5) is 0. The van der Waals surface area contributed by atoms with Gasteiger partial charge in [-0.2, -0.15) is 0 Å². The molecule has 0 aromatic heterocycles. The molecule has 0 aliphatic heterocycles. The Bertz CT molecular complexity index is 161. The highest BCUT2D eigenvalue weighted by atomic mass is 127. The second-order valence-electron chi connectivity index (χ2n) is 3.92. The zero-order chi connectivity index (χ0) is 9.78. The molecule has 2 nitrogen and oxygen atoms in total. The minimum atomic E-state index is 0.322. The quantitative estimate of drug-likeness (QED) is 0.301. The van der Waals surface area contributed by atoms with Crippen LogP contribution in [0.3, 0.4) is 0 Å². The van der Waals surface area contributed by atoms with E-state index in [-0.39, 0.29) is 0 Å². The highest BCUT2D eigenvalue weighted by Gasteiger charge is 2.16. The Morgan fingerprint density at radius 3 is 2.17 bits per heavy atom. The summed E-state index contributed by atoms with van der Waals surface area (Å²) in [6.07, 6.45) is 1.03. The Balaban J connectivity index is 4.21. The van der Waals surface area contributed by atoms with Crippen LogP contribution in [-0.4, -0.2) is 15.5 Å². The van der Waals surface area contributed by atoms with Gasteiger partial charge in [0.1, 0.15) is 5.84 Å². The maximum atomic E-state index is 4.25. The second-order valence-corrected chi connectivity index (χ2v) is 5.56. The van der Waals surface area contributed by atoms with Gasteiger partial charge in [-0.05, 0) is 12.3 Å². The third kappa shape index (κ3) is 5.55. The predicted molar refractivity (Wildman–Crippen MR) is 71.9 cm³/mol. The molecule has 0 aromatic rings. The number of rotatable bonds is 2. The van der Waals surface area contributed by atoms with Crippen molar-refractivity contribution in [3.63, 3.8) is 0 Å². The molecule has 0 rings (SSSR count). The highest BCUT2D eigenvalue weighted by Crippen LogP contribution is 2.22. The Morgan fingerprint density at radius 2 is 1.92 bits per heavy atom. The van der Waals surface area contributed by atoms with Crippen LogP contribution in [0.1, 0.15) is 34.1 Å². The van der Waals surface area contributed by atoms with Crippen LogP contribution in [0.2, 0.25) is 0 Å². The van der Waals surface area contributed by atoms with Crippen LogP contribution < -0.4 is 0 Å². The summed E-state index contributed by atoms with van der Waals surface area (Å²) in [5, 5.41) is 0. The maximum Gasteiger partial charge on any atom is 0.120 e. The number of nitrogens with zero attached hydrogens (tertiary/aromatic N) is 2. The van der Waals surface area contributed by atoms with Crippen molar-refractivity contribution < 1.29 is 0 Å². The molecule has 0 spiro atoms. The second kappa shape index (κ2) is 5.62. The minimum absolute atomic E-state index is 0.322. The molecule has 0 N–H and O–H groups in total. The molecule has 4 heteroatoms. The summed E-state index contributed by atoms with van der Waals surface area (Å²) in [6.45, 7) is 9.84. The van der Waals surface area contributed by atoms with Gasteiger partial charge in [0.25, 0.3) is 0 Å². The van der Waals surface area contributed by atoms with E-state index in [1.807, 2.05) is 0 Å². The van der Waals surface area contributed by atoms with Gasteiger partial charge in [0, 0.05) is 13.0 Å². The molecular weight excluding hydrogens is 378 g/mol. The molecule has 0 aliphatic rings. The molecule has 0 heterocycles. The van der Waals surface area contributed by atoms with Crippen molar-refractivity contribution in [2.75, 3.05) is 6.54 Å². The van der Waals surface area contributed by atoms with E-state index in [4.69, 9.17) is 0 Å². The average Bonchev–Trinajstić information content (AvgIpc) is 1.97. The van der Waals surface area contributed by atoms with E-state index in [0.29, 0.717) is 5.41 Å². The van der Waals surface area contributed by atoms with E-state index in [2.05, 4.69) is 79.7 Å². The van der Waals surface area contributed by atoms with Crippen molar-refractivity contribution in [3.8, 4) is 0 Å². The highest BCUT2D eigenvalue weighted by molar-refractivity contribution is 14.1. The van der Waals surface area contributed by atoms with Gasteiger partial charge < -0.3 is 3.11 Å². The minimum Gasteiger partial charge on any atom is -0.303 e. The lowest BCUT2D eigenvalue weighted by atomic mass is 9.92. The van der Waals surface area contributed by atoms with Gasteiger partial charge in [0.15, 0.2) is 0 Å². The molecule has 0 saturated heterocycles. The monoisotopic (exact) mass is 394 g/mol. The predicted octanol–water partition coefficient (Wildman–Crippen LogP) is 3.84. The molecule has 0 atom stereocenters. The molecule has 72 valence electrons. The van der Waals surface area contributed by atoms with Crippen LogP contribution in [0.25, 0.3) is 0 Å². The lowest BCUT2D eigenvalue weighted by Crippen LogP contribution is -2.25. The molecule has 0 bridgehead atoms. The van der Waals surface area contributed by atoms with Gasteiger partial charge in [0.2, 0.25) is 0 Å². The summed E-state index contributed by atoms with van der Waals surface area (Å²) in [5.74, 6) is 1.17. The van der Waals surface area contributed by atoms with E-state index in [1.165, 1.54) is 5.84 Å². The molecule has 0 radical (unpaired) electrons. The first kappa shape index (κ1) is 12.9. The lowest BCUT2D eigenvalue weighted by molar-refractivity contribution is 0.424. The zero-order valence-corrected chi connectivity index (χ0v) is 12.4. The van der Waals surface area contributed by atoms with Crippen LogP contribution in [0.4, 0.5) is 0 Å². The fourth-order valence-corrected chi connectivity index (χ4v) is 1.94.